The van der Waals surface area contributed by atoms with Gasteiger partial charge < -0.3 is 5.32 Å². The molecular weight excluding hydrogens is 317 g/mol. The van der Waals surface area contributed by atoms with Crippen molar-refractivity contribution in [2.45, 2.75) is 25.4 Å². The monoisotopic (exact) mass is 334 g/mol. The van der Waals surface area contributed by atoms with E-state index >= 15 is 0 Å². The quantitative estimate of drug-likeness (QED) is 0.873. The Morgan fingerprint density at radius 2 is 1.83 bits per heavy atom. The normalized spacial score (nSPS) is 14.0. The van der Waals surface area contributed by atoms with Crippen LogP contribution in [0.3, 0.4) is 0 Å². The number of nitrogens with zero attached hydrogens (tertiary/aromatic N) is 1. The van der Waals surface area contributed by atoms with Crippen LogP contribution in [0, 0.1) is 17.5 Å². The van der Waals surface area contributed by atoms with Crippen molar-refractivity contribution in [2.24, 2.45) is 0 Å². The third-order valence-corrected chi connectivity index (χ3v) is 3.94. The minimum absolute atomic E-state index is 0.00501. The van der Waals surface area contributed by atoms with Gasteiger partial charge >= 0.3 is 0 Å². The summed E-state index contributed by atoms with van der Waals surface area (Å²) in [6.45, 7) is 0.297. The van der Waals surface area contributed by atoms with E-state index in [0.717, 1.165) is 31.0 Å². The number of carbonyl (C=O) groups is 1. The molecule has 0 unspecified atom stereocenters. The van der Waals surface area contributed by atoms with Crippen LogP contribution in [0.4, 0.5) is 18.9 Å². The third-order valence-electron chi connectivity index (χ3n) is 3.94. The molecule has 6 heteroatoms. The van der Waals surface area contributed by atoms with E-state index in [2.05, 4.69) is 5.32 Å². The van der Waals surface area contributed by atoms with Gasteiger partial charge in [-0.25, -0.2) is 13.2 Å². The van der Waals surface area contributed by atoms with Crippen molar-refractivity contribution in [3.8, 4) is 0 Å². The molecule has 0 bridgehead atoms. The Morgan fingerprint density at radius 3 is 2.54 bits per heavy atom. The molecule has 0 aromatic heterocycles. The first-order valence-corrected chi connectivity index (χ1v) is 7.75. The van der Waals surface area contributed by atoms with Crippen molar-refractivity contribution >= 4 is 11.6 Å². The molecule has 1 aliphatic rings. The highest BCUT2D eigenvalue weighted by molar-refractivity contribution is 5.92. The fourth-order valence-corrected chi connectivity index (χ4v) is 2.57. The van der Waals surface area contributed by atoms with Gasteiger partial charge in [0, 0.05) is 24.2 Å². The Hall–Kier alpha value is -2.34. The summed E-state index contributed by atoms with van der Waals surface area (Å²) in [6, 6.07) is 9.50. The fraction of sp³-hybridized carbons (Fsp3) is 0.278. The lowest BCUT2D eigenvalue weighted by atomic mass is 10.2. The minimum Gasteiger partial charge on any atom is -0.322 e. The van der Waals surface area contributed by atoms with Crippen LogP contribution < -0.4 is 5.32 Å². The number of nitrogens with one attached hydrogen (secondary N) is 1. The van der Waals surface area contributed by atoms with Gasteiger partial charge in [-0.15, -0.1) is 0 Å². The van der Waals surface area contributed by atoms with Gasteiger partial charge in [0.2, 0.25) is 5.91 Å². The lowest BCUT2D eigenvalue weighted by molar-refractivity contribution is -0.117. The molecule has 0 atom stereocenters. The van der Waals surface area contributed by atoms with E-state index in [9.17, 15) is 18.0 Å². The van der Waals surface area contributed by atoms with E-state index in [1.165, 1.54) is 6.07 Å². The highest BCUT2D eigenvalue weighted by Crippen LogP contribution is 2.28. The summed E-state index contributed by atoms with van der Waals surface area (Å²) < 4.78 is 40.6. The minimum atomic E-state index is -0.697. The van der Waals surface area contributed by atoms with E-state index in [-0.39, 0.29) is 24.1 Å². The topological polar surface area (TPSA) is 32.3 Å². The Bertz CT molecular complexity index is 747. The number of rotatable bonds is 6. The molecule has 2 aromatic rings. The van der Waals surface area contributed by atoms with Crippen LogP contribution in [-0.2, 0) is 11.3 Å². The van der Waals surface area contributed by atoms with Crippen LogP contribution in [0.1, 0.15) is 18.4 Å². The third kappa shape index (κ3) is 4.14. The van der Waals surface area contributed by atoms with Gasteiger partial charge in [0.1, 0.15) is 17.5 Å². The standard InChI is InChI=1S/C18H17F3N2O/c19-13-5-8-16(21)17(9-13)22-18(24)11-23(14-6-7-14)10-12-3-1-2-4-15(12)20/h1-5,8-9,14H,6-7,10-11H2,(H,22,24). The SMILES string of the molecule is O=C(CN(Cc1ccccc1F)C1CC1)Nc1cc(F)ccc1F. The highest BCUT2D eigenvalue weighted by Gasteiger charge is 2.30. The molecule has 3 nitrogen and oxygen atoms in total. The van der Waals surface area contributed by atoms with Gasteiger partial charge in [-0.3, -0.25) is 9.69 Å². The van der Waals surface area contributed by atoms with Gasteiger partial charge in [-0.1, -0.05) is 18.2 Å². The molecule has 0 spiro atoms. The van der Waals surface area contributed by atoms with Gasteiger partial charge in [0.25, 0.3) is 0 Å². The number of anilines is 1. The zero-order valence-electron chi connectivity index (χ0n) is 12.9. The first-order valence-electron chi connectivity index (χ1n) is 7.75. The zero-order valence-corrected chi connectivity index (χ0v) is 12.9. The maximum atomic E-state index is 13.8. The first-order chi connectivity index (χ1) is 11.5. The second-order valence-electron chi connectivity index (χ2n) is 5.90. The van der Waals surface area contributed by atoms with Crippen LogP contribution in [-0.4, -0.2) is 23.4 Å². The molecular formula is C18H17F3N2O. The summed E-state index contributed by atoms with van der Waals surface area (Å²) in [5, 5.41) is 2.38. The number of hydrogen-bond acceptors (Lipinski definition) is 2. The van der Waals surface area contributed by atoms with Crippen molar-refractivity contribution in [3.05, 3.63) is 65.5 Å². The molecule has 3 rings (SSSR count). The highest BCUT2D eigenvalue weighted by atomic mass is 19.1. The summed E-state index contributed by atoms with van der Waals surface area (Å²) in [5.41, 5.74) is 0.316. The predicted octanol–water partition coefficient (Wildman–Crippen LogP) is 3.71. The molecule has 0 aliphatic heterocycles. The van der Waals surface area contributed by atoms with Crippen LogP contribution in [0.5, 0.6) is 0 Å². The second kappa shape index (κ2) is 7.05. The summed E-state index contributed by atoms with van der Waals surface area (Å²) in [5.74, 6) is -2.10. The Balaban J connectivity index is 1.66. The number of carbonyl (C=O) groups excluding carboxylic acids is 1. The smallest absolute Gasteiger partial charge is 0.238 e. The number of benzene rings is 2. The van der Waals surface area contributed by atoms with E-state index in [1.54, 1.807) is 18.2 Å². The van der Waals surface area contributed by atoms with E-state index in [1.807, 2.05) is 4.90 Å². The number of amides is 1. The largest absolute Gasteiger partial charge is 0.322 e. The fourth-order valence-electron chi connectivity index (χ4n) is 2.57. The number of hydrogen-bond donors (Lipinski definition) is 1. The number of halogens is 3. The van der Waals surface area contributed by atoms with Gasteiger partial charge in [0.05, 0.1) is 12.2 Å². The molecule has 0 heterocycles. The van der Waals surface area contributed by atoms with Crippen molar-refractivity contribution in [2.75, 3.05) is 11.9 Å². The molecule has 1 amide bonds. The maximum Gasteiger partial charge on any atom is 0.238 e. The molecule has 126 valence electrons. The summed E-state index contributed by atoms with van der Waals surface area (Å²) >= 11 is 0. The van der Waals surface area contributed by atoms with E-state index in [0.29, 0.717) is 12.1 Å². The van der Waals surface area contributed by atoms with Crippen LogP contribution >= 0.6 is 0 Å². The second-order valence-corrected chi connectivity index (χ2v) is 5.90. The summed E-state index contributed by atoms with van der Waals surface area (Å²) in [7, 11) is 0. The average Bonchev–Trinajstić information content (AvgIpc) is 3.37. The molecule has 0 radical (unpaired) electrons. The van der Waals surface area contributed by atoms with Gasteiger partial charge in [-0.2, -0.15) is 0 Å². The van der Waals surface area contributed by atoms with E-state index in [4.69, 9.17) is 0 Å². The Labute approximate surface area is 138 Å². The van der Waals surface area contributed by atoms with Gasteiger partial charge in [0.15, 0.2) is 0 Å². The van der Waals surface area contributed by atoms with Gasteiger partial charge in [-0.05, 0) is 31.0 Å². The van der Waals surface area contributed by atoms with Crippen LogP contribution in [0.25, 0.3) is 0 Å². The molecule has 24 heavy (non-hydrogen) atoms. The van der Waals surface area contributed by atoms with Crippen LogP contribution in [0.15, 0.2) is 42.5 Å². The van der Waals surface area contributed by atoms with Crippen molar-refractivity contribution in [1.82, 2.24) is 4.90 Å². The molecule has 0 saturated heterocycles. The lowest BCUT2D eigenvalue weighted by Crippen LogP contribution is -2.35. The summed E-state index contributed by atoms with van der Waals surface area (Å²) in [4.78, 5) is 14.0. The Morgan fingerprint density at radius 1 is 1.08 bits per heavy atom. The zero-order chi connectivity index (χ0) is 17.1. The molecule has 1 N–H and O–H groups in total. The summed E-state index contributed by atoms with van der Waals surface area (Å²) in [6.07, 6.45) is 1.88. The lowest BCUT2D eigenvalue weighted by Gasteiger charge is -2.21. The molecule has 1 saturated carbocycles. The Kier molecular flexibility index (Phi) is 4.85. The molecule has 1 fully saturated rings. The maximum absolute atomic E-state index is 13.8. The molecule has 2 aromatic carbocycles. The average molecular weight is 334 g/mol. The van der Waals surface area contributed by atoms with Crippen molar-refractivity contribution < 1.29 is 18.0 Å². The van der Waals surface area contributed by atoms with Crippen molar-refractivity contribution in [3.63, 3.8) is 0 Å². The van der Waals surface area contributed by atoms with E-state index < -0.39 is 17.5 Å². The van der Waals surface area contributed by atoms with Crippen molar-refractivity contribution in [1.29, 1.82) is 0 Å². The predicted molar refractivity (Wildman–Crippen MR) is 84.8 cm³/mol. The first kappa shape index (κ1) is 16.5. The van der Waals surface area contributed by atoms with Crippen LogP contribution in [0.2, 0.25) is 0 Å². The molecule has 1 aliphatic carbocycles.